The zero-order valence-corrected chi connectivity index (χ0v) is 14.0. The van der Waals surface area contributed by atoms with Gasteiger partial charge in [-0.15, -0.1) is 0 Å². The van der Waals surface area contributed by atoms with E-state index in [9.17, 15) is 4.79 Å². The Hall–Kier alpha value is -2.08. The van der Waals surface area contributed by atoms with Crippen molar-refractivity contribution in [1.82, 2.24) is 4.98 Å². The number of carbonyl (C=O) groups excluding carboxylic acids is 1. The zero-order chi connectivity index (χ0) is 16.6. The molecule has 0 bridgehead atoms. The summed E-state index contributed by atoms with van der Waals surface area (Å²) in [4.78, 5) is 18.1. The van der Waals surface area contributed by atoms with E-state index in [1.165, 1.54) is 12.7 Å². The number of carbonyl (C=O) groups is 1. The van der Waals surface area contributed by atoms with E-state index in [1.807, 2.05) is 11.0 Å². The van der Waals surface area contributed by atoms with Crippen molar-refractivity contribution in [1.29, 1.82) is 0 Å². The van der Waals surface area contributed by atoms with Gasteiger partial charge in [-0.25, -0.2) is 4.79 Å². The number of nitrogens with zero attached hydrogens (tertiary/aromatic N) is 2. The molecule has 1 aromatic carbocycles. The molecule has 0 amide bonds. The Morgan fingerprint density at radius 3 is 2.87 bits per heavy atom. The second kappa shape index (κ2) is 5.85. The third kappa shape index (κ3) is 3.17. The molecule has 1 unspecified atom stereocenters. The highest BCUT2D eigenvalue weighted by Gasteiger charge is 2.29. The highest BCUT2D eigenvalue weighted by molar-refractivity contribution is 5.77. The minimum atomic E-state index is -0.603. The van der Waals surface area contributed by atoms with Gasteiger partial charge in [0.2, 0.25) is 0 Å². The van der Waals surface area contributed by atoms with E-state index in [1.54, 1.807) is 0 Å². The number of anilines is 1. The van der Waals surface area contributed by atoms with E-state index in [4.69, 9.17) is 13.9 Å². The molecular weight excluding hydrogens is 296 g/mol. The third-order valence-corrected chi connectivity index (χ3v) is 4.04. The number of aromatic nitrogens is 1. The van der Waals surface area contributed by atoms with E-state index >= 15 is 0 Å². The van der Waals surface area contributed by atoms with Crippen LogP contribution in [-0.4, -0.2) is 43.9 Å². The number of morpholine rings is 1. The van der Waals surface area contributed by atoms with Gasteiger partial charge in [0.25, 0.3) is 6.01 Å². The smallest absolute Gasteiger partial charge is 0.336 e. The molecule has 0 saturated carbocycles. The monoisotopic (exact) mass is 318 g/mol. The summed E-state index contributed by atoms with van der Waals surface area (Å²) in [6.07, 6.45) is -0.603. The van der Waals surface area contributed by atoms with Crippen molar-refractivity contribution >= 4 is 23.1 Å². The van der Waals surface area contributed by atoms with Gasteiger partial charge in [-0.3, -0.25) is 0 Å². The Labute approximate surface area is 135 Å². The van der Waals surface area contributed by atoms with Gasteiger partial charge in [0.1, 0.15) is 5.52 Å². The van der Waals surface area contributed by atoms with Crippen LogP contribution in [0.5, 0.6) is 0 Å². The molecule has 0 spiro atoms. The average Bonchev–Trinajstić information content (AvgIpc) is 2.96. The van der Waals surface area contributed by atoms with Crippen molar-refractivity contribution in [2.75, 3.05) is 31.7 Å². The topological polar surface area (TPSA) is 64.8 Å². The van der Waals surface area contributed by atoms with Crippen LogP contribution in [0.1, 0.15) is 26.3 Å². The van der Waals surface area contributed by atoms with Crippen LogP contribution in [-0.2, 0) is 19.7 Å². The first-order valence-electron chi connectivity index (χ1n) is 7.74. The predicted octanol–water partition coefficient (Wildman–Crippen LogP) is 2.50. The van der Waals surface area contributed by atoms with E-state index in [0.717, 1.165) is 11.1 Å². The number of methoxy groups -OCH3 is 1. The van der Waals surface area contributed by atoms with Gasteiger partial charge in [-0.2, -0.15) is 4.98 Å². The molecule has 3 rings (SSSR count). The highest BCUT2D eigenvalue weighted by Crippen LogP contribution is 2.29. The van der Waals surface area contributed by atoms with Gasteiger partial charge in [0.05, 0.1) is 20.3 Å². The van der Waals surface area contributed by atoms with E-state index in [-0.39, 0.29) is 11.4 Å². The molecule has 1 aliphatic rings. The fraction of sp³-hybridized carbons (Fsp3) is 0.529. The first-order chi connectivity index (χ1) is 10.9. The third-order valence-electron chi connectivity index (χ3n) is 4.04. The lowest BCUT2D eigenvalue weighted by molar-refractivity contribution is -0.154. The summed E-state index contributed by atoms with van der Waals surface area (Å²) in [6.45, 7) is 7.94. The maximum Gasteiger partial charge on any atom is 0.336 e. The first kappa shape index (κ1) is 15.8. The molecule has 1 atom stereocenters. The molecule has 0 radical (unpaired) electrons. The lowest BCUT2D eigenvalue weighted by Crippen LogP contribution is -2.46. The molecule has 2 aromatic rings. The summed E-state index contributed by atoms with van der Waals surface area (Å²) in [6, 6.07) is 6.59. The van der Waals surface area contributed by atoms with Crippen molar-refractivity contribution in [3.8, 4) is 0 Å². The molecular formula is C17H22N2O4. The molecule has 0 aliphatic carbocycles. The van der Waals surface area contributed by atoms with Crippen LogP contribution in [0, 0.1) is 0 Å². The van der Waals surface area contributed by atoms with Gasteiger partial charge >= 0.3 is 5.97 Å². The summed E-state index contributed by atoms with van der Waals surface area (Å²) in [5.41, 5.74) is 2.84. The van der Waals surface area contributed by atoms with Crippen LogP contribution in [0.15, 0.2) is 22.6 Å². The van der Waals surface area contributed by atoms with Gasteiger partial charge in [-0.05, 0) is 23.1 Å². The Bertz CT molecular complexity index is 717. The summed E-state index contributed by atoms with van der Waals surface area (Å²) >= 11 is 0. The van der Waals surface area contributed by atoms with Crippen molar-refractivity contribution in [2.45, 2.75) is 32.3 Å². The van der Waals surface area contributed by atoms with Crippen molar-refractivity contribution < 1.29 is 18.7 Å². The highest BCUT2D eigenvalue weighted by atomic mass is 16.6. The minimum absolute atomic E-state index is 0.0578. The molecule has 6 nitrogen and oxygen atoms in total. The summed E-state index contributed by atoms with van der Waals surface area (Å²) in [7, 11) is 1.36. The van der Waals surface area contributed by atoms with E-state index in [2.05, 4.69) is 37.9 Å². The van der Waals surface area contributed by atoms with Crippen LogP contribution >= 0.6 is 0 Å². The lowest BCUT2D eigenvalue weighted by Gasteiger charge is -2.30. The maximum atomic E-state index is 11.6. The van der Waals surface area contributed by atoms with Crippen LogP contribution in [0.2, 0.25) is 0 Å². The Morgan fingerprint density at radius 1 is 1.39 bits per heavy atom. The van der Waals surface area contributed by atoms with E-state index < -0.39 is 6.10 Å². The SMILES string of the molecule is COC(=O)C1CN(c2nc3cc(C(C)(C)C)ccc3o2)CCO1. The fourth-order valence-corrected chi connectivity index (χ4v) is 2.61. The maximum absolute atomic E-state index is 11.6. The average molecular weight is 318 g/mol. The van der Waals surface area contributed by atoms with Crippen LogP contribution < -0.4 is 4.90 Å². The molecule has 124 valence electrons. The molecule has 6 heteroatoms. The number of oxazole rings is 1. The number of hydrogen-bond donors (Lipinski definition) is 0. The van der Waals surface area contributed by atoms with Gasteiger partial charge in [0, 0.05) is 6.54 Å². The van der Waals surface area contributed by atoms with Crippen molar-refractivity contribution in [3.63, 3.8) is 0 Å². The number of hydrogen-bond acceptors (Lipinski definition) is 6. The second-order valence-electron chi connectivity index (χ2n) is 6.76. The normalized spacial score (nSPS) is 19.1. The minimum Gasteiger partial charge on any atom is -0.467 e. The first-order valence-corrected chi connectivity index (χ1v) is 7.74. The zero-order valence-electron chi connectivity index (χ0n) is 14.0. The molecule has 0 N–H and O–H groups in total. The number of fused-ring (bicyclic) bond motifs is 1. The standard InChI is InChI=1S/C17H22N2O4/c1-17(2,3)11-5-6-13-12(9-11)18-16(23-13)19-7-8-22-14(10-19)15(20)21-4/h5-6,9,14H,7-8,10H2,1-4H3. The van der Waals surface area contributed by atoms with Crippen LogP contribution in [0.25, 0.3) is 11.1 Å². The molecule has 2 heterocycles. The molecule has 23 heavy (non-hydrogen) atoms. The summed E-state index contributed by atoms with van der Waals surface area (Å²) in [5, 5.41) is 0. The molecule has 1 fully saturated rings. The van der Waals surface area contributed by atoms with Crippen LogP contribution in [0.4, 0.5) is 6.01 Å². The summed E-state index contributed by atoms with van der Waals surface area (Å²) < 4.78 is 16.0. The van der Waals surface area contributed by atoms with Crippen molar-refractivity contribution in [2.24, 2.45) is 0 Å². The number of benzene rings is 1. The number of rotatable bonds is 2. The van der Waals surface area contributed by atoms with Gasteiger partial charge < -0.3 is 18.8 Å². The lowest BCUT2D eigenvalue weighted by atomic mass is 9.87. The van der Waals surface area contributed by atoms with E-state index in [0.29, 0.717) is 25.7 Å². The second-order valence-corrected chi connectivity index (χ2v) is 6.76. The summed E-state index contributed by atoms with van der Waals surface area (Å²) in [5.74, 6) is -0.374. The predicted molar refractivity (Wildman–Crippen MR) is 86.7 cm³/mol. The molecule has 1 aliphatic heterocycles. The van der Waals surface area contributed by atoms with Gasteiger partial charge in [-0.1, -0.05) is 26.8 Å². The fourth-order valence-electron chi connectivity index (χ4n) is 2.61. The number of esters is 1. The van der Waals surface area contributed by atoms with Gasteiger partial charge in [0.15, 0.2) is 11.7 Å². The largest absolute Gasteiger partial charge is 0.467 e. The molecule has 1 aromatic heterocycles. The number of ether oxygens (including phenoxy) is 2. The quantitative estimate of drug-likeness (QED) is 0.793. The Balaban J connectivity index is 1.87. The Kier molecular flexibility index (Phi) is 4.02. The van der Waals surface area contributed by atoms with Crippen molar-refractivity contribution in [3.05, 3.63) is 23.8 Å². The Morgan fingerprint density at radius 2 is 2.17 bits per heavy atom. The molecule has 1 saturated heterocycles. The van der Waals surface area contributed by atoms with Crippen LogP contribution in [0.3, 0.4) is 0 Å².